The minimum atomic E-state index is -3.72. The predicted molar refractivity (Wildman–Crippen MR) is 127 cm³/mol. The summed E-state index contributed by atoms with van der Waals surface area (Å²) in [5.41, 5.74) is 1.81. The maximum atomic E-state index is 12.5. The molecule has 4 aromatic rings. The van der Waals surface area contributed by atoms with Crippen molar-refractivity contribution in [1.29, 1.82) is 0 Å². The Labute approximate surface area is 189 Å². The zero-order chi connectivity index (χ0) is 22.6. The van der Waals surface area contributed by atoms with Gasteiger partial charge < -0.3 is 15.4 Å². The van der Waals surface area contributed by atoms with E-state index >= 15 is 0 Å². The summed E-state index contributed by atoms with van der Waals surface area (Å²) in [7, 11) is -3.72. The van der Waals surface area contributed by atoms with Crippen LogP contribution in [0, 0.1) is 0 Å². The number of anilines is 3. The average Bonchev–Trinajstić information content (AvgIpc) is 3.16. The van der Waals surface area contributed by atoms with Gasteiger partial charge in [0, 0.05) is 11.4 Å². The summed E-state index contributed by atoms with van der Waals surface area (Å²) in [6, 6.07) is 19.9. The van der Waals surface area contributed by atoms with Gasteiger partial charge in [0.25, 0.3) is 10.0 Å². The minimum Gasteiger partial charge on any atom is -0.494 e. The molecular formula is C22H20N4O4S2. The molecule has 0 saturated carbocycles. The molecule has 4 rings (SSSR count). The van der Waals surface area contributed by atoms with Crippen LogP contribution in [-0.2, 0) is 10.0 Å². The lowest BCUT2D eigenvalue weighted by Gasteiger charge is -2.08. The van der Waals surface area contributed by atoms with E-state index in [0.717, 1.165) is 10.4 Å². The van der Waals surface area contributed by atoms with Gasteiger partial charge in [0.1, 0.15) is 5.75 Å². The number of sulfonamides is 1. The third-order valence-corrected chi connectivity index (χ3v) is 6.76. The van der Waals surface area contributed by atoms with Crippen LogP contribution in [-0.4, -0.2) is 26.0 Å². The molecule has 1 aromatic heterocycles. The van der Waals surface area contributed by atoms with Gasteiger partial charge in [-0.25, -0.2) is 18.2 Å². The van der Waals surface area contributed by atoms with Crippen LogP contribution in [0.25, 0.3) is 10.2 Å². The molecule has 2 amide bonds. The number of nitrogens with one attached hydrogen (secondary N) is 3. The molecule has 3 N–H and O–H groups in total. The number of hydrogen-bond acceptors (Lipinski definition) is 6. The molecule has 0 aliphatic carbocycles. The zero-order valence-electron chi connectivity index (χ0n) is 17.0. The van der Waals surface area contributed by atoms with Gasteiger partial charge in [-0.2, -0.15) is 0 Å². The summed E-state index contributed by atoms with van der Waals surface area (Å²) in [5, 5.41) is 5.77. The number of hydrogen-bond donors (Lipinski definition) is 3. The summed E-state index contributed by atoms with van der Waals surface area (Å²) >= 11 is 1.18. The van der Waals surface area contributed by atoms with Crippen molar-refractivity contribution in [2.45, 2.75) is 11.8 Å². The molecular weight excluding hydrogens is 448 g/mol. The van der Waals surface area contributed by atoms with E-state index in [4.69, 9.17) is 4.74 Å². The number of carbonyl (C=O) groups is 1. The highest BCUT2D eigenvalue weighted by atomic mass is 32.2. The highest BCUT2D eigenvalue weighted by molar-refractivity contribution is 7.93. The Morgan fingerprint density at radius 2 is 1.66 bits per heavy atom. The number of fused-ring (bicyclic) bond motifs is 1. The third-order valence-electron chi connectivity index (χ3n) is 4.34. The van der Waals surface area contributed by atoms with Gasteiger partial charge in [-0.1, -0.05) is 29.5 Å². The molecule has 0 bridgehead atoms. The number of carbonyl (C=O) groups excluding carboxylic acids is 1. The normalized spacial score (nSPS) is 11.2. The Bertz CT molecular complexity index is 1340. The molecule has 0 saturated heterocycles. The maximum Gasteiger partial charge on any atom is 0.323 e. The van der Waals surface area contributed by atoms with Crippen LogP contribution in [0.5, 0.6) is 5.75 Å². The topological polar surface area (TPSA) is 109 Å². The van der Waals surface area contributed by atoms with E-state index < -0.39 is 16.1 Å². The highest BCUT2D eigenvalue weighted by Gasteiger charge is 2.16. The van der Waals surface area contributed by atoms with Crippen LogP contribution in [0.4, 0.5) is 21.3 Å². The largest absolute Gasteiger partial charge is 0.494 e. The Morgan fingerprint density at radius 3 is 2.38 bits per heavy atom. The minimum absolute atomic E-state index is 0.160. The summed E-state index contributed by atoms with van der Waals surface area (Å²) in [5.74, 6) is 0.729. The summed E-state index contributed by atoms with van der Waals surface area (Å²) < 4.78 is 33.6. The lowest BCUT2D eigenvalue weighted by atomic mass is 10.3. The van der Waals surface area contributed by atoms with Crippen molar-refractivity contribution in [2.75, 3.05) is 22.0 Å². The summed E-state index contributed by atoms with van der Waals surface area (Å²) in [6.07, 6.45) is 0. The molecule has 0 atom stereocenters. The predicted octanol–water partition coefficient (Wildman–Crippen LogP) is 5.14. The number of amides is 2. The van der Waals surface area contributed by atoms with Crippen LogP contribution in [0.1, 0.15) is 6.92 Å². The van der Waals surface area contributed by atoms with Crippen LogP contribution >= 0.6 is 11.3 Å². The fraction of sp³-hybridized carbons (Fsp3) is 0.0909. The molecule has 0 aliphatic heterocycles. The number of thiazole rings is 1. The van der Waals surface area contributed by atoms with Gasteiger partial charge in [0.2, 0.25) is 0 Å². The third kappa shape index (κ3) is 5.16. The van der Waals surface area contributed by atoms with Crippen LogP contribution in [0.15, 0.2) is 77.7 Å². The quantitative estimate of drug-likeness (QED) is 0.348. The Balaban J connectivity index is 1.44. The molecule has 3 aromatic carbocycles. The number of urea groups is 1. The van der Waals surface area contributed by atoms with Crippen LogP contribution < -0.4 is 20.1 Å². The van der Waals surface area contributed by atoms with E-state index in [2.05, 4.69) is 20.3 Å². The SMILES string of the molecule is CCOc1ccc(NC(=O)Nc2ccc3nc(NS(=O)(=O)c4ccccc4)sc3c2)cc1. The molecule has 10 heteroatoms. The fourth-order valence-electron chi connectivity index (χ4n) is 2.91. The fourth-order valence-corrected chi connectivity index (χ4v) is 5.08. The van der Waals surface area contributed by atoms with Crippen molar-refractivity contribution in [2.24, 2.45) is 0 Å². The molecule has 0 aliphatic rings. The first kappa shape index (κ1) is 21.6. The second-order valence-electron chi connectivity index (χ2n) is 6.66. The van der Waals surface area contributed by atoms with Crippen molar-refractivity contribution in [3.05, 3.63) is 72.8 Å². The van der Waals surface area contributed by atoms with Crippen molar-refractivity contribution in [1.82, 2.24) is 4.98 Å². The van der Waals surface area contributed by atoms with E-state index in [1.165, 1.54) is 23.5 Å². The van der Waals surface area contributed by atoms with Gasteiger partial charge in [0.15, 0.2) is 5.13 Å². The van der Waals surface area contributed by atoms with Crippen LogP contribution in [0.3, 0.4) is 0 Å². The second-order valence-corrected chi connectivity index (χ2v) is 9.37. The molecule has 1 heterocycles. The van der Waals surface area contributed by atoms with Crippen molar-refractivity contribution in [3.8, 4) is 5.75 Å². The molecule has 32 heavy (non-hydrogen) atoms. The van der Waals surface area contributed by atoms with E-state index in [-0.39, 0.29) is 10.0 Å². The van der Waals surface area contributed by atoms with Crippen molar-refractivity contribution in [3.63, 3.8) is 0 Å². The Morgan fingerprint density at radius 1 is 0.969 bits per heavy atom. The molecule has 164 valence electrons. The number of rotatable bonds is 7. The number of nitrogens with zero attached hydrogens (tertiary/aromatic N) is 1. The van der Waals surface area contributed by atoms with E-state index in [1.807, 2.05) is 6.92 Å². The summed E-state index contributed by atoms with van der Waals surface area (Å²) in [4.78, 5) is 16.8. The lowest BCUT2D eigenvalue weighted by molar-refractivity contribution is 0.262. The standard InChI is InChI=1S/C22H20N4O4S2/c1-2-30-17-11-8-15(9-12-17)23-21(27)24-16-10-13-19-20(14-16)31-22(25-19)26-32(28,29)18-6-4-3-5-7-18/h3-14H,2H2,1H3,(H,25,26)(H2,23,24,27). The van der Waals surface area contributed by atoms with Gasteiger partial charge in [-0.05, 0) is 61.5 Å². The number of ether oxygens (including phenoxy) is 1. The highest BCUT2D eigenvalue weighted by Crippen LogP contribution is 2.30. The first-order valence-corrected chi connectivity index (χ1v) is 12.0. The number of aromatic nitrogens is 1. The molecule has 0 unspecified atom stereocenters. The van der Waals surface area contributed by atoms with Gasteiger partial charge >= 0.3 is 6.03 Å². The smallest absolute Gasteiger partial charge is 0.323 e. The first-order valence-electron chi connectivity index (χ1n) is 9.72. The van der Waals surface area contributed by atoms with Gasteiger partial charge in [0.05, 0.1) is 21.7 Å². The molecule has 0 spiro atoms. The Hall–Kier alpha value is -3.63. The second kappa shape index (κ2) is 9.25. The van der Waals surface area contributed by atoms with Crippen LogP contribution in [0.2, 0.25) is 0 Å². The molecule has 0 radical (unpaired) electrons. The average molecular weight is 469 g/mol. The van der Waals surface area contributed by atoms with E-state index in [9.17, 15) is 13.2 Å². The first-order chi connectivity index (χ1) is 15.4. The number of benzene rings is 3. The van der Waals surface area contributed by atoms with Gasteiger partial charge in [-0.15, -0.1) is 0 Å². The molecule has 8 nitrogen and oxygen atoms in total. The maximum absolute atomic E-state index is 12.5. The monoisotopic (exact) mass is 468 g/mol. The molecule has 0 fully saturated rings. The summed E-state index contributed by atoms with van der Waals surface area (Å²) in [6.45, 7) is 2.48. The van der Waals surface area contributed by atoms with Crippen molar-refractivity contribution >= 4 is 54.1 Å². The Kier molecular flexibility index (Phi) is 6.24. The lowest BCUT2D eigenvalue weighted by Crippen LogP contribution is -2.19. The van der Waals surface area contributed by atoms with Crippen molar-refractivity contribution < 1.29 is 17.9 Å². The van der Waals surface area contributed by atoms with E-state index in [0.29, 0.717) is 23.5 Å². The zero-order valence-corrected chi connectivity index (χ0v) is 18.7. The van der Waals surface area contributed by atoms with Gasteiger partial charge in [-0.3, -0.25) is 4.72 Å². The van der Waals surface area contributed by atoms with E-state index in [1.54, 1.807) is 60.7 Å².